The maximum absolute atomic E-state index is 14.6. The normalized spacial score (nSPS) is 11.2. The molecule has 32 heavy (non-hydrogen) atoms. The first-order valence-corrected chi connectivity index (χ1v) is 11.4. The lowest BCUT2D eigenvalue weighted by atomic mass is 9.97. The molecule has 0 fully saturated rings. The van der Waals surface area contributed by atoms with Gasteiger partial charge in [0, 0.05) is 11.1 Å². The van der Waals surface area contributed by atoms with Gasteiger partial charge >= 0.3 is 0 Å². The number of hydrogen-bond donors (Lipinski definition) is 0. The molecule has 0 saturated heterocycles. The zero-order valence-electron chi connectivity index (χ0n) is 18.8. The molecule has 0 N–H and O–H groups in total. The lowest BCUT2D eigenvalue weighted by Crippen LogP contribution is -2.04. The van der Waals surface area contributed by atoms with Crippen LogP contribution in [0, 0.1) is 23.3 Å². The number of aryl methyl sites for hydroxylation is 4. The first kappa shape index (κ1) is 24.0. The van der Waals surface area contributed by atoms with E-state index in [1.165, 1.54) is 29.8 Å². The van der Waals surface area contributed by atoms with Crippen LogP contribution in [-0.2, 0) is 38.5 Å². The van der Waals surface area contributed by atoms with E-state index in [-0.39, 0.29) is 30.4 Å². The molecule has 0 nitrogen and oxygen atoms in total. The monoisotopic (exact) mass is 442 g/mol. The van der Waals surface area contributed by atoms with Gasteiger partial charge in [-0.1, -0.05) is 51.0 Å². The Kier molecular flexibility index (Phi) is 8.49. The van der Waals surface area contributed by atoms with Crippen molar-refractivity contribution in [3.05, 3.63) is 105 Å². The first-order chi connectivity index (χ1) is 15.4. The highest BCUT2D eigenvalue weighted by atomic mass is 19.1. The fourth-order valence-electron chi connectivity index (χ4n) is 4.07. The standard InChI is InChI=1S/C28H30F4/c1-3-5-19-7-9-20(10-8-19)11-13-23-27(31)17-22(18-28(23)32)12-14-24-25(29)15-21(6-4-2)16-26(24)30/h7-10,15-18H,3-6,11-14H2,1-2H3. The summed E-state index contributed by atoms with van der Waals surface area (Å²) in [5, 5.41) is 0. The molecule has 0 aliphatic heterocycles. The molecule has 0 spiro atoms. The van der Waals surface area contributed by atoms with Gasteiger partial charge in [0.05, 0.1) is 0 Å². The molecule has 0 aliphatic rings. The predicted molar refractivity (Wildman–Crippen MR) is 122 cm³/mol. The molecule has 0 amide bonds. The molecule has 0 heterocycles. The van der Waals surface area contributed by atoms with E-state index in [1.54, 1.807) is 0 Å². The van der Waals surface area contributed by atoms with Crippen LogP contribution in [0.2, 0.25) is 0 Å². The summed E-state index contributed by atoms with van der Waals surface area (Å²) >= 11 is 0. The average Bonchev–Trinajstić information content (AvgIpc) is 2.74. The summed E-state index contributed by atoms with van der Waals surface area (Å²) in [5.74, 6) is -2.42. The SMILES string of the molecule is CCCc1ccc(CCc2c(F)cc(CCc3c(F)cc(CCC)cc3F)cc2F)cc1. The van der Waals surface area contributed by atoms with Gasteiger partial charge in [-0.15, -0.1) is 0 Å². The van der Waals surface area contributed by atoms with Gasteiger partial charge in [-0.3, -0.25) is 0 Å². The summed E-state index contributed by atoms with van der Waals surface area (Å²) in [5.41, 5.74) is 3.31. The highest BCUT2D eigenvalue weighted by molar-refractivity contribution is 5.31. The van der Waals surface area contributed by atoms with Crippen molar-refractivity contribution in [1.82, 2.24) is 0 Å². The maximum Gasteiger partial charge on any atom is 0.129 e. The van der Waals surface area contributed by atoms with E-state index >= 15 is 0 Å². The zero-order valence-corrected chi connectivity index (χ0v) is 18.8. The van der Waals surface area contributed by atoms with E-state index in [4.69, 9.17) is 0 Å². The Labute approximate surface area is 188 Å². The molecular weight excluding hydrogens is 412 g/mol. The minimum atomic E-state index is -0.609. The summed E-state index contributed by atoms with van der Waals surface area (Å²) in [4.78, 5) is 0. The summed E-state index contributed by atoms with van der Waals surface area (Å²) in [6.07, 6.45) is 4.50. The number of rotatable bonds is 10. The molecule has 3 aromatic carbocycles. The molecule has 170 valence electrons. The minimum absolute atomic E-state index is 0.0405. The van der Waals surface area contributed by atoms with Crippen LogP contribution in [0.4, 0.5) is 17.6 Å². The van der Waals surface area contributed by atoms with E-state index in [1.807, 2.05) is 19.1 Å². The Hall–Kier alpha value is -2.62. The van der Waals surface area contributed by atoms with Crippen LogP contribution < -0.4 is 0 Å². The van der Waals surface area contributed by atoms with E-state index in [9.17, 15) is 17.6 Å². The van der Waals surface area contributed by atoms with Crippen LogP contribution in [0.5, 0.6) is 0 Å². The molecule has 0 saturated carbocycles. The minimum Gasteiger partial charge on any atom is -0.207 e. The summed E-state index contributed by atoms with van der Waals surface area (Å²) < 4.78 is 57.8. The average molecular weight is 443 g/mol. The number of halogens is 4. The Balaban J connectivity index is 1.65. The molecular formula is C28H30F4. The third-order valence-corrected chi connectivity index (χ3v) is 5.83. The van der Waals surface area contributed by atoms with Gasteiger partial charge in [-0.25, -0.2) is 17.6 Å². The lowest BCUT2D eigenvalue weighted by molar-refractivity contribution is 0.544. The highest BCUT2D eigenvalue weighted by Crippen LogP contribution is 2.22. The fourth-order valence-corrected chi connectivity index (χ4v) is 4.07. The molecule has 4 heteroatoms. The maximum atomic E-state index is 14.6. The quantitative estimate of drug-likeness (QED) is 0.282. The van der Waals surface area contributed by atoms with Crippen molar-refractivity contribution in [3.8, 4) is 0 Å². The van der Waals surface area contributed by atoms with Crippen molar-refractivity contribution < 1.29 is 17.6 Å². The van der Waals surface area contributed by atoms with Crippen molar-refractivity contribution in [1.29, 1.82) is 0 Å². The van der Waals surface area contributed by atoms with Crippen LogP contribution in [0.15, 0.2) is 48.5 Å². The molecule has 0 aliphatic carbocycles. The van der Waals surface area contributed by atoms with Crippen LogP contribution in [0.3, 0.4) is 0 Å². The summed E-state index contributed by atoms with van der Waals surface area (Å²) in [7, 11) is 0. The molecule has 0 unspecified atom stereocenters. The van der Waals surface area contributed by atoms with Crippen molar-refractivity contribution in [3.63, 3.8) is 0 Å². The first-order valence-electron chi connectivity index (χ1n) is 11.4. The highest BCUT2D eigenvalue weighted by Gasteiger charge is 2.15. The summed E-state index contributed by atoms with van der Waals surface area (Å²) in [6.45, 7) is 4.07. The van der Waals surface area contributed by atoms with Gasteiger partial charge in [-0.05, 0) is 85.0 Å². The molecule has 0 atom stereocenters. The third-order valence-electron chi connectivity index (χ3n) is 5.83. The second-order valence-corrected chi connectivity index (χ2v) is 8.39. The van der Waals surface area contributed by atoms with Crippen LogP contribution in [0.25, 0.3) is 0 Å². The van der Waals surface area contributed by atoms with Gasteiger partial charge in [-0.2, -0.15) is 0 Å². The van der Waals surface area contributed by atoms with E-state index in [0.717, 1.165) is 24.8 Å². The number of benzene rings is 3. The van der Waals surface area contributed by atoms with E-state index < -0.39 is 23.3 Å². The topological polar surface area (TPSA) is 0 Å². The largest absolute Gasteiger partial charge is 0.207 e. The van der Waals surface area contributed by atoms with Crippen molar-refractivity contribution in [2.75, 3.05) is 0 Å². The summed E-state index contributed by atoms with van der Waals surface area (Å²) in [6, 6.07) is 13.4. The van der Waals surface area contributed by atoms with E-state index in [2.05, 4.69) is 19.1 Å². The second kappa shape index (κ2) is 11.3. The van der Waals surface area contributed by atoms with E-state index in [0.29, 0.717) is 24.0 Å². The molecule has 3 aromatic rings. The molecule has 0 aromatic heterocycles. The zero-order chi connectivity index (χ0) is 23.1. The molecule has 0 bridgehead atoms. The van der Waals surface area contributed by atoms with Gasteiger partial charge in [0.15, 0.2) is 0 Å². The van der Waals surface area contributed by atoms with Crippen LogP contribution in [0.1, 0.15) is 60.1 Å². The lowest BCUT2D eigenvalue weighted by Gasteiger charge is -2.11. The number of hydrogen-bond acceptors (Lipinski definition) is 0. The molecule has 0 radical (unpaired) electrons. The fraction of sp³-hybridized carbons (Fsp3) is 0.357. The van der Waals surface area contributed by atoms with Gasteiger partial charge < -0.3 is 0 Å². The van der Waals surface area contributed by atoms with Crippen LogP contribution >= 0.6 is 0 Å². The van der Waals surface area contributed by atoms with Gasteiger partial charge in [0.1, 0.15) is 23.3 Å². The smallest absolute Gasteiger partial charge is 0.129 e. The second-order valence-electron chi connectivity index (χ2n) is 8.39. The van der Waals surface area contributed by atoms with Gasteiger partial charge in [0.2, 0.25) is 0 Å². The van der Waals surface area contributed by atoms with Crippen molar-refractivity contribution in [2.24, 2.45) is 0 Å². The third kappa shape index (κ3) is 6.21. The Bertz CT molecular complexity index is 992. The van der Waals surface area contributed by atoms with Crippen molar-refractivity contribution in [2.45, 2.75) is 65.2 Å². The van der Waals surface area contributed by atoms with Gasteiger partial charge in [0.25, 0.3) is 0 Å². The predicted octanol–water partition coefficient (Wildman–Crippen LogP) is 7.72. The Morgan fingerprint density at radius 2 is 0.750 bits per heavy atom. The Morgan fingerprint density at radius 1 is 0.438 bits per heavy atom. The van der Waals surface area contributed by atoms with Crippen molar-refractivity contribution >= 4 is 0 Å². The van der Waals surface area contributed by atoms with Crippen LogP contribution in [-0.4, -0.2) is 0 Å². The molecule has 3 rings (SSSR count). The Morgan fingerprint density at radius 3 is 1.16 bits per heavy atom.